The molecule has 1 aromatic carbocycles. The Labute approximate surface area is 121 Å². The number of sulfonamides is 1. The van der Waals surface area contributed by atoms with Crippen molar-refractivity contribution < 1.29 is 21.6 Å². The predicted octanol–water partition coefficient (Wildman–Crippen LogP) is 2.87. The van der Waals surface area contributed by atoms with E-state index in [9.17, 15) is 21.6 Å². The second-order valence-electron chi connectivity index (χ2n) is 5.25. The van der Waals surface area contributed by atoms with Crippen LogP contribution in [0.15, 0.2) is 29.2 Å². The van der Waals surface area contributed by atoms with Crippen LogP contribution in [-0.4, -0.2) is 20.6 Å². The zero-order valence-electron chi connectivity index (χ0n) is 11.2. The lowest BCUT2D eigenvalue weighted by atomic mass is 9.84. The van der Waals surface area contributed by atoms with Gasteiger partial charge in [0.25, 0.3) is 0 Å². The minimum atomic E-state index is -4.22. The number of primary sulfonamides is 1. The number of nitrogens with one attached hydrogen (secondary N) is 1. The van der Waals surface area contributed by atoms with E-state index in [1.165, 1.54) is 24.3 Å². The summed E-state index contributed by atoms with van der Waals surface area (Å²) in [5.74, 6) is -1.37. The Morgan fingerprint density at radius 2 is 1.67 bits per heavy atom. The van der Waals surface area contributed by atoms with Gasteiger partial charge in [-0.2, -0.15) is 13.2 Å². The number of hydrogen-bond acceptors (Lipinski definition) is 3. The number of anilines is 1. The van der Waals surface area contributed by atoms with E-state index in [1.54, 1.807) is 0 Å². The summed E-state index contributed by atoms with van der Waals surface area (Å²) < 4.78 is 61.2. The Bertz CT molecular complexity index is 584. The van der Waals surface area contributed by atoms with Crippen LogP contribution in [0.25, 0.3) is 0 Å². The number of halogens is 3. The lowest BCUT2D eigenvalue weighted by Gasteiger charge is -2.34. The zero-order chi connectivity index (χ0) is 15.7. The van der Waals surface area contributed by atoms with Crippen molar-refractivity contribution in [2.75, 3.05) is 5.32 Å². The zero-order valence-corrected chi connectivity index (χ0v) is 12.0. The Balaban J connectivity index is 2.13. The highest BCUT2D eigenvalue weighted by Crippen LogP contribution is 2.39. The van der Waals surface area contributed by atoms with Gasteiger partial charge in [-0.1, -0.05) is 12.8 Å². The number of nitrogens with two attached hydrogens (primary N) is 1. The van der Waals surface area contributed by atoms with Crippen LogP contribution in [0.1, 0.15) is 25.7 Å². The topological polar surface area (TPSA) is 72.2 Å². The van der Waals surface area contributed by atoms with Gasteiger partial charge in [0.05, 0.1) is 10.8 Å². The molecule has 1 aliphatic carbocycles. The molecule has 21 heavy (non-hydrogen) atoms. The van der Waals surface area contributed by atoms with E-state index >= 15 is 0 Å². The van der Waals surface area contributed by atoms with Crippen molar-refractivity contribution in [2.45, 2.75) is 42.8 Å². The van der Waals surface area contributed by atoms with Gasteiger partial charge >= 0.3 is 6.18 Å². The van der Waals surface area contributed by atoms with Gasteiger partial charge in [-0.3, -0.25) is 0 Å². The monoisotopic (exact) mass is 322 g/mol. The van der Waals surface area contributed by atoms with Crippen molar-refractivity contribution in [3.63, 3.8) is 0 Å². The molecule has 2 unspecified atom stereocenters. The molecule has 4 nitrogen and oxygen atoms in total. The normalized spacial score (nSPS) is 23.8. The summed E-state index contributed by atoms with van der Waals surface area (Å²) >= 11 is 0. The molecule has 1 aromatic rings. The molecule has 0 amide bonds. The molecule has 0 bridgehead atoms. The van der Waals surface area contributed by atoms with Crippen LogP contribution in [-0.2, 0) is 10.0 Å². The number of hydrogen-bond donors (Lipinski definition) is 2. The smallest absolute Gasteiger partial charge is 0.382 e. The highest BCUT2D eigenvalue weighted by molar-refractivity contribution is 7.89. The SMILES string of the molecule is NS(=O)(=O)c1ccc(NC2CCCCC2C(F)(F)F)cc1. The van der Waals surface area contributed by atoms with Crippen molar-refractivity contribution in [3.8, 4) is 0 Å². The summed E-state index contributed by atoms with van der Waals surface area (Å²) in [5.41, 5.74) is 0.462. The second kappa shape index (κ2) is 5.84. The van der Waals surface area contributed by atoms with E-state index in [4.69, 9.17) is 5.14 Å². The number of benzene rings is 1. The molecule has 1 saturated carbocycles. The molecule has 8 heteroatoms. The van der Waals surface area contributed by atoms with Gasteiger partial charge in [0.15, 0.2) is 0 Å². The summed E-state index contributed by atoms with van der Waals surface area (Å²) in [6.07, 6.45) is -2.33. The molecular weight excluding hydrogens is 305 g/mol. The van der Waals surface area contributed by atoms with E-state index in [1.807, 2.05) is 0 Å². The highest BCUT2D eigenvalue weighted by Gasteiger charge is 2.45. The summed E-state index contributed by atoms with van der Waals surface area (Å²) in [7, 11) is -3.79. The van der Waals surface area contributed by atoms with Crippen molar-refractivity contribution in [1.29, 1.82) is 0 Å². The second-order valence-corrected chi connectivity index (χ2v) is 6.81. The molecule has 0 aliphatic heterocycles. The fourth-order valence-corrected chi connectivity index (χ4v) is 3.17. The lowest BCUT2D eigenvalue weighted by Crippen LogP contribution is -2.41. The van der Waals surface area contributed by atoms with Gasteiger partial charge in [0.1, 0.15) is 0 Å². The Morgan fingerprint density at radius 1 is 1.10 bits per heavy atom. The average Bonchev–Trinajstić information content (AvgIpc) is 2.37. The van der Waals surface area contributed by atoms with Crippen LogP contribution < -0.4 is 10.5 Å². The molecule has 0 heterocycles. The van der Waals surface area contributed by atoms with E-state index in [0.29, 0.717) is 18.5 Å². The minimum Gasteiger partial charge on any atom is -0.382 e. The van der Waals surface area contributed by atoms with E-state index in [-0.39, 0.29) is 11.3 Å². The van der Waals surface area contributed by atoms with Crippen LogP contribution in [0.2, 0.25) is 0 Å². The third kappa shape index (κ3) is 4.10. The number of alkyl halides is 3. The summed E-state index contributed by atoms with van der Waals surface area (Å²) in [6.45, 7) is 0. The van der Waals surface area contributed by atoms with Gasteiger partial charge in [0.2, 0.25) is 10.0 Å². The standard InChI is InChI=1S/C13H17F3N2O2S/c14-13(15,16)11-3-1-2-4-12(11)18-9-5-7-10(8-6-9)21(17,19)20/h5-8,11-12,18H,1-4H2,(H2,17,19,20). The summed E-state index contributed by atoms with van der Waals surface area (Å²) in [4.78, 5) is -0.0657. The fraction of sp³-hybridized carbons (Fsp3) is 0.538. The van der Waals surface area contributed by atoms with E-state index in [0.717, 1.165) is 6.42 Å². The molecule has 2 atom stereocenters. The van der Waals surface area contributed by atoms with Crippen LogP contribution in [0.3, 0.4) is 0 Å². The molecule has 0 saturated heterocycles. The highest BCUT2D eigenvalue weighted by atomic mass is 32.2. The first-order valence-corrected chi connectivity index (χ1v) is 8.18. The maximum absolute atomic E-state index is 13.0. The third-order valence-corrected chi connectivity index (χ3v) is 4.65. The fourth-order valence-electron chi connectivity index (χ4n) is 2.65. The summed E-state index contributed by atoms with van der Waals surface area (Å²) in [6, 6.07) is 4.74. The minimum absolute atomic E-state index is 0.0657. The van der Waals surface area contributed by atoms with E-state index < -0.39 is 28.2 Å². The van der Waals surface area contributed by atoms with Crippen LogP contribution in [0.4, 0.5) is 18.9 Å². The molecular formula is C13H17F3N2O2S. The average molecular weight is 322 g/mol. The molecule has 118 valence electrons. The van der Waals surface area contributed by atoms with Crippen molar-refractivity contribution >= 4 is 15.7 Å². The predicted molar refractivity (Wildman–Crippen MR) is 73.2 cm³/mol. The molecule has 3 N–H and O–H groups in total. The Morgan fingerprint density at radius 3 is 2.19 bits per heavy atom. The largest absolute Gasteiger partial charge is 0.393 e. The maximum atomic E-state index is 13.0. The number of rotatable bonds is 3. The van der Waals surface area contributed by atoms with Gasteiger partial charge in [0, 0.05) is 11.7 Å². The Hall–Kier alpha value is -1.28. The lowest BCUT2D eigenvalue weighted by molar-refractivity contribution is -0.184. The molecule has 1 aliphatic rings. The van der Waals surface area contributed by atoms with Crippen LogP contribution in [0, 0.1) is 5.92 Å². The molecule has 1 fully saturated rings. The quantitative estimate of drug-likeness (QED) is 0.899. The van der Waals surface area contributed by atoms with Gasteiger partial charge in [-0.05, 0) is 37.1 Å². The van der Waals surface area contributed by atoms with Crippen molar-refractivity contribution in [1.82, 2.24) is 0 Å². The van der Waals surface area contributed by atoms with Crippen molar-refractivity contribution in [3.05, 3.63) is 24.3 Å². The van der Waals surface area contributed by atoms with E-state index in [2.05, 4.69) is 5.32 Å². The maximum Gasteiger partial charge on any atom is 0.393 e. The molecule has 0 spiro atoms. The summed E-state index contributed by atoms with van der Waals surface area (Å²) in [5, 5.41) is 7.83. The molecule has 0 aromatic heterocycles. The third-order valence-electron chi connectivity index (χ3n) is 3.72. The van der Waals surface area contributed by atoms with Gasteiger partial charge in [-0.15, -0.1) is 0 Å². The van der Waals surface area contributed by atoms with Crippen LogP contribution >= 0.6 is 0 Å². The first-order chi connectivity index (χ1) is 9.68. The first-order valence-electron chi connectivity index (χ1n) is 6.64. The molecule has 2 rings (SSSR count). The van der Waals surface area contributed by atoms with Gasteiger partial charge < -0.3 is 5.32 Å². The van der Waals surface area contributed by atoms with Gasteiger partial charge in [-0.25, -0.2) is 13.6 Å². The Kier molecular flexibility index (Phi) is 4.48. The molecule has 0 radical (unpaired) electrons. The first kappa shape index (κ1) is 16.1. The van der Waals surface area contributed by atoms with Crippen LogP contribution in [0.5, 0.6) is 0 Å². The van der Waals surface area contributed by atoms with Crippen molar-refractivity contribution in [2.24, 2.45) is 11.1 Å².